The van der Waals surface area contributed by atoms with Gasteiger partial charge in [0.05, 0.1) is 16.4 Å². The number of hydrogen-bond acceptors (Lipinski definition) is 2. The van der Waals surface area contributed by atoms with Crippen LogP contribution in [0, 0.1) is 12.8 Å². The molecule has 1 atom stereocenters. The summed E-state index contributed by atoms with van der Waals surface area (Å²) in [5, 5.41) is 5.33. The molecule has 0 amide bonds. The molecule has 0 radical (unpaired) electrons. The number of halogens is 2. The Morgan fingerprint density at radius 2 is 2.05 bits per heavy atom. The minimum Gasteiger partial charge on any atom is -0.297 e. The lowest BCUT2D eigenvalue weighted by Crippen LogP contribution is -2.36. The number of aromatic nitrogens is 2. The average Bonchev–Trinajstić information content (AvgIpc) is 2.67. The predicted octanol–water partition coefficient (Wildman–Crippen LogP) is 3.86. The van der Waals surface area contributed by atoms with Crippen molar-refractivity contribution in [2.75, 3.05) is 13.1 Å². The van der Waals surface area contributed by atoms with Gasteiger partial charge < -0.3 is 0 Å². The molecule has 19 heavy (non-hydrogen) atoms. The number of likely N-dealkylation sites (tertiary alicyclic amines) is 1. The van der Waals surface area contributed by atoms with Crippen LogP contribution < -0.4 is 0 Å². The van der Waals surface area contributed by atoms with E-state index < -0.39 is 0 Å². The van der Waals surface area contributed by atoms with Crippen LogP contribution >= 0.6 is 27.5 Å². The Hall–Kier alpha value is -0.0600. The molecule has 0 N–H and O–H groups in total. The Kier molecular flexibility index (Phi) is 5.32. The highest BCUT2D eigenvalue weighted by molar-refractivity contribution is 9.09. The largest absolute Gasteiger partial charge is 0.297 e. The smallest absolute Gasteiger partial charge is 0.0860 e. The first-order valence-corrected chi connectivity index (χ1v) is 8.40. The Morgan fingerprint density at radius 1 is 1.42 bits per heavy atom. The third-order valence-electron chi connectivity index (χ3n) is 4.11. The summed E-state index contributed by atoms with van der Waals surface area (Å²) < 4.78 is 2.04. The van der Waals surface area contributed by atoms with E-state index in [1.54, 1.807) is 0 Å². The Labute approximate surface area is 129 Å². The molecule has 3 nitrogen and oxygen atoms in total. The molecule has 2 rings (SSSR count). The number of piperidine rings is 1. The van der Waals surface area contributed by atoms with Crippen LogP contribution in [0.25, 0.3) is 0 Å². The zero-order chi connectivity index (χ0) is 14.0. The van der Waals surface area contributed by atoms with Gasteiger partial charge in [0.15, 0.2) is 0 Å². The molecule has 1 aromatic heterocycles. The van der Waals surface area contributed by atoms with Crippen molar-refractivity contribution in [3.63, 3.8) is 0 Å². The predicted molar refractivity (Wildman–Crippen MR) is 84.0 cm³/mol. The minimum absolute atomic E-state index is 0.627. The van der Waals surface area contributed by atoms with E-state index in [2.05, 4.69) is 39.8 Å². The third-order valence-corrected chi connectivity index (χ3v) is 5.35. The van der Waals surface area contributed by atoms with Crippen molar-refractivity contribution in [2.45, 2.75) is 51.5 Å². The van der Waals surface area contributed by atoms with Gasteiger partial charge in [-0.25, -0.2) is 0 Å². The van der Waals surface area contributed by atoms with Crippen molar-refractivity contribution in [1.29, 1.82) is 0 Å². The second-order valence-electron chi connectivity index (χ2n) is 5.45. The molecule has 0 spiro atoms. The van der Waals surface area contributed by atoms with E-state index in [1.165, 1.54) is 18.5 Å². The first-order valence-electron chi connectivity index (χ1n) is 7.11. The first kappa shape index (κ1) is 15.3. The molecule has 0 aliphatic carbocycles. The highest BCUT2D eigenvalue weighted by Gasteiger charge is 2.24. The number of nitrogens with zero attached hydrogens (tertiary/aromatic N) is 3. The third kappa shape index (κ3) is 3.53. The highest BCUT2D eigenvalue weighted by atomic mass is 79.9. The molecule has 108 valence electrons. The first-order chi connectivity index (χ1) is 9.02. The monoisotopic (exact) mass is 347 g/mol. The van der Waals surface area contributed by atoms with Crippen LogP contribution in [0.1, 0.15) is 38.1 Å². The second kappa shape index (κ2) is 6.59. The lowest BCUT2D eigenvalue weighted by atomic mass is 9.94. The van der Waals surface area contributed by atoms with Gasteiger partial charge in [0.25, 0.3) is 0 Å². The standard InChI is InChI=1S/C14H23BrClN3/c1-4-19-13(14(16)11(3)17-19)9-18-7-5-12(6-8-18)10(2)15/h10,12H,4-9H2,1-3H3. The van der Waals surface area contributed by atoms with E-state index in [0.29, 0.717) is 4.83 Å². The quantitative estimate of drug-likeness (QED) is 0.770. The van der Waals surface area contributed by atoms with Crippen molar-refractivity contribution in [2.24, 2.45) is 5.92 Å². The summed E-state index contributed by atoms with van der Waals surface area (Å²) in [5.41, 5.74) is 2.12. The summed E-state index contributed by atoms with van der Waals surface area (Å²) in [6.45, 7) is 10.5. The van der Waals surface area contributed by atoms with Crippen LogP contribution in [0.3, 0.4) is 0 Å². The normalized spacial score (nSPS) is 19.8. The lowest BCUT2D eigenvalue weighted by molar-refractivity contribution is 0.174. The number of aryl methyl sites for hydroxylation is 2. The van der Waals surface area contributed by atoms with Crippen molar-refractivity contribution >= 4 is 27.5 Å². The molecule has 2 heterocycles. The molecule has 0 aromatic carbocycles. The van der Waals surface area contributed by atoms with Gasteiger partial charge in [0.1, 0.15) is 0 Å². The Balaban J connectivity index is 1.99. The number of alkyl halides is 1. The van der Waals surface area contributed by atoms with Crippen molar-refractivity contribution in [3.8, 4) is 0 Å². The summed E-state index contributed by atoms with van der Waals surface area (Å²) in [4.78, 5) is 3.13. The van der Waals surface area contributed by atoms with Crippen molar-refractivity contribution < 1.29 is 0 Å². The zero-order valence-corrected chi connectivity index (χ0v) is 14.3. The van der Waals surface area contributed by atoms with Gasteiger partial charge in [-0.2, -0.15) is 5.10 Å². The molecule has 1 fully saturated rings. The van der Waals surface area contributed by atoms with Crippen LogP contribution in [0.4, 0.5) is 0 Å². The summed E-state index contributed by atoms with van der Waals surface area (Å²) in [6, 6.07) is 0. The van der Waals surface area contributed by atoms with Crippen molar-refractivity contribution in [1.82, 2.24) is 14.7 Å². The second-order valence-corrected chi connectivity index (χ2v) is 7.28. The van der Waals surface area contributed by atoms with Crippen LogP contribution in [-0.4, -0.2) is 32.6 Å². The fraction of sp³-hybridized carbons (Fsp3) is 0.786. The molecule has 0 bridgehead atoms. The van der Waals surface area contributed by atoms with Gasteiger partial charge in [-0.05, 0) is 45.7 Å². The maximum Gasteiger partial charge on any atom is 0.0860 e. The van der Waals surface area contributed by atoms with Crippen molar-refractivity contribution in [3.05, 3.63) is 16.4 Å². The molecule has 1 aliphatic heterocycles. The van der Waals surface area contributed by atoms with E-state index in [9.17, 15) is 0 Å². The fourth-order valence-electron chi connectivity index (χ4n) is 2.80. The minimum atomic E-state index is 0.627. The molecule has 1 aliphatic rings. The molecule has 5 heteroatoms. The van der Waals surface area contributed by atoms with E-state index in [-0.39, 0.29) is 0 Å². The Morgan fingerprint density at radius 3 is 2.58 bits per heavy atom. The molecule has 1 saturated heterocycles. The molecular formula is C14H23BrClN3. The van der Waals surface area contributed by atoms with Gasteiger partial charge >= 0.3 is 0 Å². The zero-order valence-electron chi connectivity index (χ0n) is 12.0. The average molecular weight is 349 g/mol. The van der Waals surface area contributed by atoms with E-state index in [0.717, 1.165) is 42.8 Å². The maximum absolute atomic E-state index is 6.37. The van der Waals surface area contributed by atoms with Gasteiger partial charge in [0.2, 0.25) is 0 Å². The summed E-state index contributed by atoms with van der Waals surface area (Å²) in [6.07, 6.45) is 2.53. The van der Waals surface area contributed by atoms with Crippen LogP contribution in [-0.2, 0) is 13.1 Å². The van der Waals surface area contributed by atoms with Gasteiger partial charge in [-0.3, -0.25) is 9.58 Å². The maximum atomic E-state index is 6.37. The number of rotatable bonds is 4. The topological polar surface area (TPSA) is 21.1 Å². The molecule has 1 unspecified atom stereocenters. The van der Waals surface area contributed by atoms with E-state index in [4.69, 9.17) is 11.6 Å². The molecule has 0 saturated carbocycles. The van der Waals surface area contributed by atoms with Crippen LogP contribution in [0.5, 0.6) is 0 Å². The van der Waals surface area contributed by atoms with Crippen LogP contribution in [0.15, 0.2) is 0 Å². The Bertz CT molecular complexity index is 423. The van der Waals surface area contributed by atoms with Gasteiger partial charge in [-0.1, -0.05) is 34.5 Å². The van der Waals surface area contributed by atoms with Gasteiger partial charge in [0, 0.05) is 17.9 Å². The SMILES string of the molecule is CCn1nc(C)c(Cl)c1CN1CCC(C(C)Br)CC1. The molecular weight excluding hydrogens is 326 g/mol. The summed E-state index contributed by atoms with van der Waals surface area (Å²) in [5.74, 6) is 0.810. The number of hydrogen-bond donors (Lipinski definition) is 0. The molecule has 1 aromatic rings. The van der Waals surface area contributed by atoms with E-state index >= 15 is 0 Å². The summed E-state index contributed by atoms with van der Waals surface area (Å²) in [7, 11) is 0. The highest BCUT2D eigenvalue weighted by Crippen LogP contribution is 2.27. The van der Waals surface area contributed by atoms with Gasteiger partial charge in [-0.15, -0.1) is 0 Å². The lowest BCUT2D eigenvalue weighted by Gasteiger charge is -2.33. The van der Waals surface area contributed by atoms with Crippen LogP contribution in [0.2, 0.25) is 5.02 Å². The summed E-state index contributed by atoms with van der Waals surface area (Å²) >= 11 is 10.1. The van der Waals surface area contributed by atoms with E-state index in [1.807, 2.05) is 11.6 Å². The fourth-order valence-corrected chi connectivity index (χ4v) is 3.53.